The quantitative estimate of drug-likeness (QED) is 0.446. The van der Waals surface area contributed by atoms with Crippen LogP contribution in [-0.2, 0) is 0 Å². The van der Waals surface area contributed by atoms with Crippen LogP contribution >= 0.6 is 7.92 Å². The summed E-state index contributed by atoms with van der Waals surface area (Å²) in [6.45, 7) is 0. The molecule has 0 fully saturated rings. The number of ether oxygens (including phenoxy) is 1. The molecule has 0 unspecified atom stereocenters. The van der Waals surface area contributed by atoms with Crippen molar-refractivity contribution in [2.45, 2.75) is 0 Å². The highest BCUT2D eigenvalue weighted by Crippen LogP contribution is 2.34. The standard InChI is InChI=1S/C24H19OP/c1-4-11-20(12-5-1)25-21-13-10-18-24(19-21)26(22-14-6-2-7-15-22)23-16-8-3-9-17-23/h1-19H. The molecule has 0 spiro atoms. The van der Waals surface area contributed by atoms with Crippen molar-refractivity contribution < 1.29 is 4.74 Å². The molecule has 1 nitrogen and oxygen atoms in total. The second-order valence-corrected chi connectivity index (χ2v) is 8.14. The van der Waals surface area contributed by atoms with Crippen molar-refractivity contribution in [1.82, 2.24) is 0 Å². The molecule has 0 bridgehead atoms. The highest BCUT2D eigenvalue weighted by atomic mass is 31.1. The van der Waals surface area contributed by atoms with Crippen LogP contribution in [0.5, 0.6) is 11.5 Å². The predicted octanol–water partition coefficient (Wildman–Crippen LogP) is 5.24. The SMILES string of the molecule is c1ccc(Oc2cccc(P(c3ccccc3)c3ccccc3)c2)cc1. The number of para-hydroxylation sites is 1. The monoisotopic (exact) mass is 354 g/mol. The maximum absolute atomic E-state index is 6.05. The fourth-order valence-corrected chi connectivity index (χ4v) is 5.24. The Morgan fingerprint density at radius 1 is 0.423 bits per heavy atom. The van der Waals surface area contributed by atoms with Crippen LogP contribution in [0.15, 0.2) is 115 Å². The van der Waals surface area contributed by atoms with Gasteiger partial charge in [-0.1, -0.05) is 91.0 Å². The van der Waals surface area contributed by atoms with Crippen molar-refractivity contribution >= 4 is 23.8 Å². The molecule has 0 atom stereocenters. The number of hydrogen-bond donors (Lipinski definition) is 0. The van der Waals surface area contributed by atoms with Crippen LogP contribution in [0.1, 0.15) is 0 Å². The molecule has 0 saturated carbocycles. The first-order chi connectivity index (χ1) is 12.9. The molecule has 4 aromatic carbocycles. The van der Waals surface area contributed by atoms with E-state index in [1.54, 1.807) is 0 Å². The molecule has 0 aliphatic heterocycles. The summed E-state index contributed by atoms with van der Waals surface area (Å²) in [6, 6.07) is 39.8. The molecular formula is C24H19OP. The summed E-state index contributed by atoms with van der Waals surface area (Å²) in [7, 11) is -0.617. The van der Waals surface area contributed by atoms with Gasteiger partial charge in [0.25, 0.3) is 0 Å². The summed E-state index contributed by atoms with van der Waals surface area (Å²) in [5.41, 5.74) is 0. The van der Waals surface area contributed by atoms with Gasteiger partial charge in [0.15, 0.2) is 0 Å². The van der Waals surface area contributed by atoms with Crippen molar-refractivity contribution in [3.05, 3.63) is 115 Å². The van der Waals surface area contributed by atoms with Crippen LogP contribution in [-0.4, -0.2) is 0 Å². The van der Waals surface area contributed by atoms with Crippen LogP contribution in [0.3, 0.4) is 0 Å². The van der Waals surface area contributed by atoms with Crippen molar-refractivity contribution in [1.29, 1.82) is 0 Å². The van der Waals surface area contributed by atoms with Gasteiger partial charge in [-0.25, -0.2) is 0 Å². The largest absolute Gasteiger partial charge is 0.457 e. The van der Waals surface area contributed by atoms with Gasteiger partial charge in [-0.15, -0.1) is 0 Å². The minimum Gasteiger partial charge on any atom is -0.457 e. The van der Waals surface area contributed by atoms with E-state index in [-0.39, 0.29) is 0 Å². The zero-order valence-corrected chi connectivity index (χ0v) is 15.2. The van der Waals surface area contributed by atoms with E-state index in [2.05, 4.69) is 78.9 Å². The van der Waals surface area contributed by atoms with Crippen molar-refractivity contribution in [3.63, 3.8) is 0 Å². The Bertz CT molecular complexity index is 913. The Morgan fingerprint density at radius 3 is 1.46 bits per heavy atom. The van der Waals surface area contributed by atoms with E-state index in [0.717, 1.165) is 11.5 Å². The molecule has 0 aliphatic rings. The summed E-state index contributed by atoms with van der Waals surface area (Å²) < 4.78 is 6.05. The van der Waals surface area contributed by atoms with Crippen LogP contribution in [0.25, 0.3) is 0 Å². The first-order valence-corrected chi connectivity index (χ1v) is 9.97. The van der Waals surface area contributed by atoms with Crippen molar-refractivity contribution in [2.75, 3.05) is 0 Å². The summed E-state index contributed by atoms with van der Waals surface area (Å²) in [5, 5.41) is 3.96. The van der Waals surface area contributed by atoms with Crippen molar-refractivity contribution in [3.8, 4) is 11.5 Å². The van der Waals surface area contributed by atoms with Crippen LogP contribution in [0.4, 0.5) is 0 Å². The highest BCUT2D eigenvalue weighted by Gasteiger charge is 2.16. The van der Waals surface area contributed by atoms with Gasteiger partial charge >= 0.3 is 0 Å². The summed E-state index contributed by atoms with van der Waals surface area (Å²) in [4.78, 5) is 0. The maximum atomic E-state index is 6.05. The van der Waals surface area contributed by atoms with Gasteiger partial charge < -0.3 is 4.74 Å². The van der Waals surface area contributed by atoms with Gasteiger partial charge in [-0.2, -0.15) is 0 Å². The Labute approximate surface area is 155 Å². The van der Waals surface area contributed by atoms with E-state index in [1.165, 1.54) is 15.9 Å². The molecular weight excluding hydrogens is 335 g/mol. The lowest BCUT2D eigenvalue weighted by Gasteiger charge is -2.20. The Hall–Kier alpha value is -2.89. The molecule has 0 radical (unpaired) electrons. The van der Waals surface area contributed by atoms with E-state index in [0.29, 0.717) is 0 Å². The zero-order chi connectivity index (χ0) is 17.6. The Morgan fingerprint density at radius 2 is 0.885 bits per heavy atom. The zero-order valence-electron chi connectivity index (χ0n) is 14.3. The second-order valence-electron chi connectivity index (χ2n) is 5.92. The molecule has 0 N–H and O–H groups in total. The van der Waals surface area contributed by atoms with Gasteiger partial charge in [0, 0.05) is 0 Å². The Kier molecular flexibility index (Phi) is 5.09. The van der Waals surface area contributed by atoms with Crippen LogP contribution in [0, 0.1) is 0 Å². The van der Waals surface area contributed by atoms with Gasteiger partial charge in [0.1, 0.15) is 11.5 Å². The molecule has 0 heterocycles. The fourth-order valence-electron chi connectivity index (χ4n) is 2.91. The molecule has 0 saturated heterocycles. The lowest BCUT2D eigenvalue weighted by atomic mass is 10.3. The molecule has 26 heavy (non-hydrogen) atoms. The topological polar surface area (TPSA) is 9.23 Å². The molecule has 0 aliphatic carbocycles. The van der Waals surface area contributed by atoms with E-state index in [4.69, 9.17) is 4.74 Å². The minimum absolute atomic E-state index is 0.617. The Balaban J connectivity index is 1.73. The third kappa shape index (κ3) is 3.85. The van der Waals surface area contributed by atoms with Crippen LogP contribution in [0.2, 0.25) is 0 Å². The maximum Gasteiger partial charge on any atom is 0.128 e. The third-order valence-corrected chi connectivity index (χ3v) is 6.51. The van der Waals surface area contributed by atoms with Gasteiger partial charge in [-0.05, 0) is 48.1 Å². The van der Waals surface area contributed by atoms with E-state index < -0.39 is 7.92 Å². The van der Waals surface area contributed by atoms with Gasteiger partial charge in [-0.3, -0.25) is 0 Å². The van der Waals surface area contributed by atoms with Crippen molar-refractivity contribution in [2.24, 2.45) is 0 Å². The van der Waals surface area contributed by atoms with Gasteiger partial charge in [0.05, 0.1) is 0 Å². The average molecular weight is 354 g/mol. The summed E-state index contributed by atoms with van der Waals surface area (Å²) in [6.07, 6.45) is 0. The summed E-state index contributed by atoms with van der Waals surface area (Å²) in [5.74, 6) is 1.72. The van der Waals surface area contributed by atoms with Gasteiger partial charge in [0.2, 0.25) is 0 Å². The van der Waals surface area contributed by atoms with E-state index in [9.17, 15) is 0 Å². The number of rotatable bonds is 5. The number of benzene rings is 4. The molecule has 126 valence electrons. The molecule has 0 aromatic heterocycles. The third-order valence-electron chi connectivity index (χ3n) is 4.08. The smallest absolute Gasteiger partial charge is 0.128 e. The molecule has 4 aromatic rings. The van der Waals surface area contributed by atoms with Crippen LogP contribution < -0.4 is 20.7 Å². The second kappa shape index (κ2) is 7.99. The molecule has 4 rings (SSSR count). The minimum atomic E-state index is -0.617. The predicted molar refractivity (Wildman–Crippen MR) is 112 cm³/mol. The highest BCUT2D eigenvalue weighted by molar-refractivity contribution is 7.79. The fraction of sp³-hybridized carbons (Fsp3) is 0. The average Bonchev–Trinajstić information content (AvgIpc) is 2.71. The van der Waals surface area contributed by atoms with E-state index >= 15 is 0 Å². The van der Waals surface area contributed by atoms with E-state index in [1.807, 2.05) is 36.4 Å². The number of hydrogen-bond acceptors (Lipinski definition) is 1. The normalized spacial score (nSPS) is 10.7. The first-order valence-electron chi connectivity index (χ1n) is 8.63. The summed E-state index contributed by atoms with van der Waals surface area (Å²) >= 11 is 0. The first kappa shape index (κ1) is 16.6. The molecule has 0 amide bonds. The molecule has 2 heteroatoms. The lowest BCUT2D eigenvalue weighted by Crippen LogP contribution is -2.20. The lowest BCUT2D eigenvalue weighted by molar-refractivity contribution is 0.483.